The van der Waals surface area contributed by atoms with Crippen molar-refractivity contribution in [3.8, 4) is 5.75 Å². The van der Waals surface area contributed by atoms with Gasteiger partial charge in [0.2, 0.25) is 5.60 Å². The zero-order valence-corrected chi connectivity index (χ0v) is 14.0. The average molecular weight is 341 g/mol. The van der Waals surface area contributed by atoms with Crippen LogP contribution < -0.4 is 5.32 Å². The average Bonchev–Trinajstić information content (AvgIpc) is 2.67. The molecule has 1 atom stereocenters. The topological polar surface area (TPSA) is 78.8 Å². The van der Waals surface area contributed by atoms with Crippen molar-refractivity contribution in [3.05, 3.63) is 65.7 Å². The number of esters is 1. The number of carbonyl (C=O) groups excluding carboxylic acids is 1. The molecule has 0 bridgehead atoms. The van der Waals surface area contributed by atoms with Gasteiger partial charge in [-0.05, 0) is 55.1 Å². The zero-order chi connectivity index (χ0) is 17.7. The van der Waals surface area contributed by atoms with Gasteiger partial charge in [-0.15, -0.1) is 0 Å². The fourth-order valence-corrected chi connectivity index (χ4v) is 3.13. The normalized spacial score (nSPS) is 17.6. The van der Waals surface area contributed by atoms with Crippen LogP contribution in [0, 0.1) is 5.92 Å². The molecule has 2 aromatic rings. The Hall–Kier alpha value is -2.37. The predicted octanol–water partition coefficient (Wildman–Crippen LogP) is 2.17. The van der Waals surface area contributed by atoms with Gasteiger partial charge >= 0.3 is 5.97 Å². The quantitative estimate of drug-likeness (QED) is 0.727. The molecular weight excluding hydrogens is 318 g/mol. The molecule has 132 valence electrons. The van der Waals surface area contributed by atoms with E-state index in [1.165, 1.54) is 24.3 Å². The van der Waals surface area contributed by atoms with Gasteiger partial charge in [-0.3, -0.25) is 0 Å². The zero-order valence-electron chi connectivity index (χ0n) is 14.0. The molecule has 1 aliphatic rings. The SMILES string of the molecule is O=C(OCC1CCNCC1)[C@](O)(c1ccccc1)c1ccc(O)cc1. The Morgan fingerprint density at radius 1 is 1.04 bits per heavy atom. The maximum absolute atomic E-state index is 12.8. The van der Waals surface area contributed by atoms with Gasteiger partial charge in [0, 0.05) is 0 Å². The van der Waals surface area contributed by atoms with E-state index in [9.17, 15) is 15.0 Å². The first-order valence-corrected chi connectivity index (χ1v) is 8.56. The molecular formula is C20H23NO4. The highest BCUT2D eigenvalue weighted by Crippen LogP contribution is 2.32. The molecule has 0 amide bonds. The van der Waals surface area contributed by atoms with Crippen LogP contribution in [0.25, 0.3) is 0 Å². The lowest BCUT2D eigenvalue weighted by Gasteiger charge is -2.29. The lowest BCUT2D eigenvalue weighted by molar-refractivity contribution is -0.163. The second-order valence-electron chi connectivity index (χ2n) is 6.42. The second kappa shape index (κ2) is 7.68. The summed E-state index contributed by atoms with van der Waals surface area (Å²) in [6.07, 6.45) is 1.91. The number of rotatable bonds is 5. The summed E-state index contributed by atoms with van der Waals surface area (Å²) in [5.41, 5.74) is -1.09. The lowest BCUT2D eigenvalue weighted by Crippen LogP contribution is -2.40. The largest absolute Gasteiger partial charge is 0.508 e. The standard InChI is InChI=1S/C20H23NO4/c22-18-8-6-17(7-9-18)20(24,16-4-2-1-3-5-16)19(23)25-14-15-10-12-21-13-11-15/h1-9,15,21-22,24H,10-14H2/t20-/m0/s1. The van der Waals surface area contributed by atoms with Crippen molar-refractivity contribution in [3.63, 3.8) is 0 Å². The number of hydrogen-bond donors (Lipinski definition) is 3. The minimum Gasteiger partial charge on any atom is -0.508 e. The van der Waals surface area contributed by atoms with Crippen LogP contribution in [0.15, 0.2) is 54.6 Å². The molecule has 0 radical (unpaired) electrons. The Morgan fingerprint density at radius 3 is 2.28 bits per heavy atom. The number of phenols is 1. The van der Waals surface area contributed by atoms with Crippen molar-refractivity contribution >= 4 is 5.97 Å². The van der Waals surface area contributed by atoms with E-state index >= 15 is 0 Å². The lowest BCUT2D eigenvalue weighted by atomic mass is 9.86. The maximum atomic E-state index is 12.8. The Balaban J connectivity index is 1.85. The Bertz CT molecular complexity index is 695. The minimum absolute atomic E-state index is 0.0715. The molecule has 5 heteroatoms. The van der Waals surface area contributed by atoms with Crippen LogP contribution in [0.2, 0.25) is 0 Å². The highest BCUT2D eigenvalue weighted by Gasteiger charge is 2.42. The number of carbonyl (C=O) groups is 1. The van der Waals surface area contributed by atoms with Crippen molar-refractivity contribution in [2.75, 3.05) is 19.7 Å². The Morgan fingerprint density at radius 2 is 1.64 bits per heavy atom. The first kappa shape index (κ1) is 17.5. The van der Waals surface area contributed by atoms with Crippen LogP contribution in [0.4, 0.5) is 0 Å². The van der Waals surface area contributed by atoms with Gasteiger partial charge in [0.1, 0.15) is 5.75 Å². The number of aliphatic hydroxyl groups is 1. The third kappa shape index (κ3) is 3.83. The van der Waals surface area contributed by atoms with Crippen LogP contribution >= 0.6 is 0 Å². The molecule has 25 heavy (non-hydrogen) atoms. The van der Waals surface area contributed by atoms with E-state index in [1.54, 1.807) is 24.3 Å². The van der Waals surface area contributed by atoms with Gasteiger partial charge in [-0.2, -0.15) is 0 Å². The summed E-state index contributed by atoms with van der Waals surface area (Å²) in [5.74, 6) is -0.310. The minimum atomic E-state index is -1.90. The molecule has 0 unspecified atom stereocenters. The van der Waals surface area contributed by atoms with Crippen LogP contribution in [-0.2, 0) is 15.1 Å². The molecule has 1 saturated heterocycles. The summed E-state index contributed by atoms with van der Waals surface area (Å²) in [4.78, 5) is 12.8. The number of piperidine rings is 1. The molecule has 3 rings (SSSR count). The van der Waals surface area contributed by atoms with Crippen LogP contribution in [0.1, 0.15) is 24.0 Å². The van der Waals surface area contributed by atoms with E-state index in [0.717, 1.165) is 25.9 Å². The summed E-state index contributed by atoms with van der Waals surface area (Å²) < 4.78 is 5.51. The number of phenolic OH excluding ortho intramolecular Hbond substituents is 1. The van der Waals surface area contributed by atoms with Crippen molar-refractivity contribution in [1.82, 2.24) is 5.32 Å². The number of aromatic hydroxyl groups is 1. The third-order valence-corrected chi connectivity index (χ3v) is 4.68. The van der Waals surface area contributed by atoms with E-state index in [0.29, 0.717) is 23.7 Å². The summed E-state index contributed by atoms with van der Waals surface area (Å²) in [6, 6.07) is 14.7. The monoisotopic (exact) mass is 341 g/mol. The van der Waals surface area contributed by atoms with Crippen molar-refractivity contribution in [2.24, 2.45) is 5.92 Å². The van der Waals surface area contributed by atoms with E-state index in [4.69, 9.17) is 4.74 Å². The molecule has 5 nitrogen and oxygen atoms in total. The van der Waals surface area contributed by atoms with Gasteiger partial charge in [-0.25, -0.2) is 4.79 Å². The molecule has 0 saturated carbocycles. The van der Waals surface area contributed by atoms with Gasteiger partial charge in [0.05, 0.1) is 6.61 Å². The maximum Gasteiger partial charge on any atom is 0.347 e. The van der Waals surface area contributed by atoms with Crippen molar-refractivity contribution in [2.45, 2.75) is 18.4 Å². The van der Waals surface area contributed by atoms with Crippen molar-refractivity contribution in [1.29, 1.82) is 0 Å². The molecule has 0 aromatic heterocycles. The van der Waals surface area contributed by atoms with Crippen molar-refractivity contribution < 1.29 is 19.7 Å². The molecule has 1 heterocycles. The molecule has 1 fully saturated rings. The molecule has 3 N–H and O–H groups in total. The van der Waals surface area contributed by atoms with E-state index in [1.807, 2.05) is 6.07 Å². The summed E-state index contributed by atoms with van der Waals surface area (Å²) in [6.45, 7) is 2.14. The van der Waals surface area contributed by atoms with E-state index < -0.39 is 11.6 Å². The second-order valence-corrected chi connectivity index (χ2v) is 6.42. The molecule has 0 aliphatic carbocycles. The first-order chi connectivity index (χ1) is 12.1. The third-order valence-electron chi connectivity index (χ3n) is 4.68. The number of hydrogen-bond acceptors (Lipinski definition) is 5. The fraction of sp³-hybridized carbons (Fsp3) is 0.350. The Kier molecular flexibility index (Phi) is 5.36. The number of nitrogens with one attached hydrogen (secondary N) is 1. The van der Waals surface area contributed by atoms with E-state index in [-0.39, 0.29) is 5.75 Å². The van der Waals surface area contributed by atoms with Crippen LogP contribution in [0.3, 0.4) is 0 Å². The van der Waals surface area contributed by atoms with Gasteiger partial charge < -0.3 is 20.3 Å². The van der Waals surface area contributed by atoms with Crippen LogP contribution in [-0.4, -0.2) is 35.9 Å². The number of ether oxygens (including phenoxy) is 1. The smallest absolute Gasteiger partial charge is 0.347 e. The van der Waals surface area contributed by atoms with Gasteiger partial charge in [0.15, 0.2) is 0 Å². The molecule has 2 aromatic carbocycles. The Labute approximate surface area is 147 Å². The summed E-state index contributed by atoms with van der Waals surface area (Å²) >= 11 is 0. The molecule has 1 aliphatic heterocycles. The summed E-state index contributed by atoms with van der Waals surface area (Å²) in [5, 5.41) is 24.1. The molecule has 0 spiro atoms. The van der Waals surface area contributed by atoms with E-state index in [2.05, 4.69) is 5.32 Å². The predicted molar refractivity (Wildman–Crippen MR) is 94.1 cm³/mol. The fourth-order valence-electron chi connectivity index (χ4n) is 3.13. The van der Waals surface area contributed by atoms with Gasteiger partial charge in [-0.1, -0.05) is 42.5 Å². The van der Waals surface area contributed by atoms with Crippen LogP contribution in [0.5, 0.6) is 5.75 Å². The highest BCUT2D eigenvalue weighted by molar-refractivity contribution is 5.85. The van der Waals surface area contributed by atoms with Gasteiger partial charge in [0.25, 0.3) is 0 Å². The summed E-state index contributed by atoms with van der Waals surface area (Å²) in [7, 11) is 0. The number of benzene rings is 2. The first-order valence-electron chi connectivity index (χ1n) is 8.56. The highest BCUT2D eigenvalue weighted by atomic mass is 16.5.